The topological polar surface area (TPSA) is 104 Å². The van der Waals surface area contributed by atoms with Crippen LogP contribution >= 0.6 is 0 Å². The van der Waals surface area contributed by atoms with Crippen LogP contribution in [0.15, 0.2) is 63.6 Å². The Morgan fingerprint density at radius 3 is 2.57 bits per heavy atom. The lowest BCUT2D eigenvalue weighted by Crippen LogP contribution is -2.20. The van der Waals surface area contributed by atoms with Crippen LogP contribution in [-0.4, -0.2) is 37.9 Å². The zero-order valence-electron chi connectivity index (χ0n) is 20.1. The van der Waals surface area contributed by atoms with Crippen molar-refractivity contribution in [3.63, 3.8) is 0 Å². The van der Waals surface area contributed by atoms with E-state index < -0.39 is 12.3 Å². The number of rotatable bonds is 7. The van der Waals surface area contributed by atoms with Crippen molar-refractivity contribution in [3.8, 4) is 11.6 Å². The van der Waals surface area contributed by atoms with Crippen molar-refractivity contribution >= 4 is 28.1 Å². The summed E-state index contributed by atoms with van der Waals surface area (Å²) in [7, 11) is 0. The molecule has 3 heterocycles. The number of hydrogen-bond donors (Lipinski definition) is 2. The van der Waals surface area contributed by atoms with E-state index in [4.69, 9.17) is 4.52 Å². The summed E-state index contributed by atoms with van der Waals surface area (Å²) in [5, 5.41) is 14.1. The van der Waals surface area contributed by atoms with Crippen LogP contribution in [0.25, 0.3) is 28.2 Å². The van der Waals surface area contributed by atoms with Crippen LogP contribution in [0.5, 0.6) is 0 Å². The molecule has 2 aromatic carbocycles. The van der Waals surface area contributed by atoms with Gasteiger partial charge in [0.25, 0.3) is 5.89 Å². The number of aliphatic hydroxyl groups excluding tert-OH is 1. The third kappa shape index (κ3) is 5.10. The summed E-state index contributed by atoms with van der Waals surface area (Å²) in [6.45, 7) is 3.69. The molecule has 0 saturated heterocycles. The Kier molecular flexibility index (Phi) is 6.28. The molecule has 10 heteroatoms. The highest BCUT2D eigenvalue weighted by Gasteiger charge is 2.39. The van der Waals surface area contributed by atoms with Crippen molar-refractivity contribution in [1.82, 2.24) is 15.1 Å². The second-order valence-corrected chi connectivity index (χ2v) is 9.10. The predicted octanol–water partition coefficient (Wildman–Crippen LogP) is 5.90. The third-order valence-electron chi connectivity index (χ3n) is 6.30. The van der Waals surface area contributed by atoms with Gasteiger partial charge in [0.05, 0.1) is 11.4 Å². The quantitative estimate of drug-likeness (QED) is 0.324. The average molecular weight is 509 g/mol. The minimum Gasteiger partial charge on any atom is -0.379 e. The number of hydrogen-bond acceptors (Lipinski definition) is 6. The summed E-state index contributed by atoms with van der Waals surface area (Å²) < 4.78 is 43.3. The summed E-state index contributed by atoms with van der Waals surface area (Å²) in [4.78, 5) is 25.0. The lowest BCUT2D eigenvalue weighted by molar-refractivity contribution is -0.206. The van der Waals surface area contributed by atoms with Crippen molar-refractivity contribution in [3.05, 3.63) is 76.6 Å². The first-order valence-corrected chi connectivity index (χ1v) is 11.7. The average Bonchev–Trinajstić information content (AvgIpc) is 3.59. The van der Waals surface area contributed by atoms with E-state index in [1.165, 1.54) is 24.3 Å². The smallest absolute Gasteiger partial charge is 0.379 e. The van der Waals surface area contributed by atoms with E-state index in [0.717, 1.165) is 27.7 Å². The number of allylic oxidation sites excluding steroid dienone is 1. The first kappa shape index (κ1) is 24.6. The maximum Gasteiger partial charge on any atom is 0.418 e. The maximum atomic E-state index is 12.8. The molecule has 2 aromatic heterocycles. The molecule has 0 saturated carbocycles. The number of alkyl halides is 3. The number of aryl methyl sites for hydroxylation is 2. The molecule has 2 N–H and O–H groups in total. The molecule has 1 atom stereocenters. The lowest BCUT2D eigenvalue weighted by Gasteiger charge is -2.15. The number of aliphatic imine (C=N–C) groups is 1. The molecule has 5 rings (SSSR count). The molecule has 0 aliphatic carbocycles. The Hall–Kier alpha value is -4.05. The molecule has 0 bridgehead atoms. The molecular weight excluding hydrogens is 485 g/mol. The van der Waals surface area contributed by atoms with Crippen LogP contribution < -0.4 is 0 Å². The number of aliphatic hydroxyl groups is 1. The zero-order valence-corrected chi connectivity index (χ0v) is 20.1. The fraction of sp³-hybridized carbons (Fsp3) is 0.259. The molecule has 190 valence electrons. The summed E-state index contributed by atoms with van der Waals surface area (Å²) >= 11 is 0. The number of Topliss-reactive ketones (excluding diaryl/α,β-unsaturated/α-hetero) is 1. The van der Waals surface area contributed by atoms with Gasteiger partial charge < -0.3 is 14.6 Å². The van der Waals surface area contributed by atoms with Gasteiger partial charge in [-0.25, -0.2) is 4.99 Å². The fourth-order valence-corrected chi connectivity index (χ4v) is 4.34. The highest BCUT2D eigenvalue weighted by molar-refractivity contribution is 6.42. The second kappa shape index (κ2) is 9.44. The molecule has 1 unspecified atom stereocenters. The Morgan fingerprint density at radius 1 is 1.14 bits per heavy atom. The van der Waals surface area contributed by atoms with E-state index in [2.05, 4.69) is 20.1 Å². The first-order chi connectivity index (χ1) is 17.6. The van der Waals surface area contributed by atoms with Gasteiger partial charge >= 0.3 is 6.18 Å². The van der Waals surface area contributed by atoms with Crippen LogP contribution in [0, 0.1) is 6.92 Å². The van der Waals surface area contributed by atoms with E-state index >= 15 is 0 Å². The van der Waals surface area contributed by atoms with Crippen molar-refractivity contribution in [2.45, 2.75) is 45.4 Å². The van der Waals surface area contributed by atoms with Gasteiger partial charge in [0.1, 0.15) is 5.69 Å². The normalized spacial score (nSPS) is 14.9. The van der Waals surface area contributed by atoms with E-state index in [1.807, 2.05) is 31.2 Å². The van der Waals surface area contributed by atoms with Crippen LogP contribution in [0.3, 0.4) is 0 Å². The number of nitrogens with zero attached hydrogens (tertiary/aromatic N) is 3. The van der Waals surface area contributed by atoms with Crippen molar-refractivity contribution in [2.24, 2.45) is 4.99 Å². The number of aromatic nitrogens is 3. The molecule has 4 aromatic rings. The van der Waals surface area contributed by atoms with Gasteiger partial charge in [-0.05, 0) is 55.2 Å². The molecule has 0 radical (unpaired) electrons. The van der Waals surface area contributed by atoms with E-state index in [9.17, 15) is 23.1 Å². The van der Waals surface area contributed by atoms with Gasteiger partial charge in [0.2, 0.25) is 0 Å². The van der Waals surface area contributed by atoms with Gasteiger partial charge in [-0.3, -0.25) is 4.79 Å². The first-order valence-electron chi connectivity index (χ1n) is 11.7. The number of ketones is 1. The van der Waals surface area contributed by atoms with Gasteiger partial charge in [0, 0.05) is 29.3 Å². The number of carbonyl (C=O) groups excluding carboxylic acids is 1. The second-order valence-electron chi connectivity index (χ2n) is 9.10. The molecular formula is C27H23F3N4O3. The van der Waals surface area contributed by atoms with Crippen molar-refractivity contribution in [1.29, 1.82) is 0 Å². The molecule has 7 nitrogen and oxygen atoms in total. The summed E-state index contributed by atoms with van der Waals surface area (Å²) in [6.07, 6.45) is -6.25. The van der Waals surface area contributed by atoms with Crippen LogP contribution in [0.1, 0.15) is 48.4 Å². The summed E-state index contributed by atoms with van der Waals surface area (Å²) in [5.41, 5.74) is 5.19. The Morgan fingerprint density at radius 2 is 1.89 bits per heavy atom. The van der Waals surface area contributed by atoms with Crippen LogP contribution in [-0.2, 0) is 11.2 Å². The molecule has 37 heavy (non-hydrogen) atoms. The number of aromatic amines is 1. The standard InChI is InChI=1S/C27H23F3N4O3/c1-14-11-21(23(35)10-5-16-3-6-17(7-4-16)25(36)27(28,29)30)33-24(14)18-8-9-20-19(12-18)13-22(32-20)26-31-15(2)34-37-26/h3-4,6-9,12-13,25,32,36H,5,10-11H2,1-2H3. The summed E-state index contributed by atoms with van der Waals surface area (Å²) in [5.74, 6) is 0.846. The fourth-order valence-electron chi connectivity index (χ4n) is 4.34. The number of nitrogens with one attached hydrogen (secondary N) is 1. The van der Waals surface area contributed by atoms with Gasteiger partial charge in [0.15, 0.2) is 17.7 Å². The van der Waals surface area contributed by atoms with Crippen molar-refractivity contribution < 1.29 is 27.6 Å². The van der Waals surface area contributed by atoms with Crippen LogP contribution in [0.4, 0.5) is 13.2 Å². The highest BCUT2D eigenvalue weighted by atomic mass is 19.4. The number of carbonyl (C=O) groups is 1. The maximum absolute atomic E-state index is 12.8. The highest BCUT2D eigenvalue weighted by Crippen LogP contribution is 2.34. The lowest BCUT2D eigenvalue weighted by atomic mass is 10.00. The SMILES string of the molecule is CC1=C(c2ccc3[nH]c(-c4nc(C)no4)cc3c2)N=C(C(=O)CCc2ccc(C(O)C(F)(F)F)cc2)C1. The largest absolute Gasteiger partial charge is 0.418 e. The van der Waals surface area contributed by atoms with Gasteiger partial charge in [-0.15, -0.1) is 0 Å². The number of halogens is 3. The molecule has 1 aliphatic heterocycles. The molecule has 1 aliphatic rings. The Balaban J connectivity index is 1.27. The minimum absolute atomic E-state index is 0.106. The molecule has 0 spiro atoms. The van der Waals surface area contributed by atoms with Crippen molar-refractivity contribution in [2.75, 3.05) is 0 Å². The van der Waals surface area contributed by atoms with Gasteiger partial charge in [-0.2, -0.15) is 18.2 Å². The Bertz CT molecular complexity index is 1550. The molecule has 0 amide bonds. The number of H-pyrrole nitrogens is 1. The van der Waals surface area contributed by atoms with Gasteiger partial charge in [-0.1, -0.05) is 35.5 Å². The minimum atomic E-state index is -4.72. The van der Waals surface area contributed by atoms with E-state index in [0.29, 0.717) is 41.5 Å². The van der Waals surface area contributed by atoms with E-state index in [-0.39, 0.29) is 17.8 Å². The van der Waals surface area contributed by atoms with Crippen LogP contribution in [0.2, 0.25) is 0 Å². The molecule has 0 fully saturated rings. The Labute approximate surface area is 209 Å². The monoisotopic (exact) mass is 508 g/mol. The third-order valence-corrected chi connectivity index (χ3v) is 6.30. The summed E-state index contributed by atoms with van der Waals surface area (Å²) in [6, 6.07) is 13.3. The predicted molar refractivity (Wildman–Crippen MR) is 132 cm³/mol. The number of fused-ring (bicyclic) bond motifs is 1. The van der Waals surface area contributed by atoms with E-state index in [1.54, 1.807) is 6.92 Å². The number of benzene rings is 2. The zero-order chi connectivity index (χ0) is 26.3.